The summed E-state index contributed by atoms with van der Waals surface area (Å²) in [6.45, 7) is 0. The van der Waals surface area contributed by atoms with Gasteiger partial charge in [-0.2, -0.15) is 29.7 Å². The molecule has 0 aromatic rings. The standard InChI is InChI=1S/C11H11.Ti/c1-2-6-10(5-1)9-11-7-3-4-8-11;/h1-5,7,9H,6,8H2;/q-1;. The minimum absolute atomic E-state index is 0. The molecule has 0 fully saturated rings. The summed E-state index contributed by atoms with van der Waals surface area (Å²) in [5.41, 5.74) is 2.86. The van der Waals surface area contributed by atoms with Crippen LogP contribution < -0.4 is 0 Å². The van der Waals surface area contributed by atoms with E-state index in [1.165, 1.54) is 11.1 Å². The van der Waals surface area contributed by atoms with Crippen LogP contribution in [0.25, 0.3) is 0 Å². The third-order valence-electron chi connectivity index (χ3n) is 1.97. The molecule has 0 N–H and O–H groups in total. The Hall–Kier alpha value is -0.456. The Labute approximate surface area is 88.6 Å². The van der Waals surface area contributed by atoms with Crippen molar-refractivity contribution in [1.82, 2.24) is 0 Å². The summed E-state index contributed by atoms with van der Waals surface area (Å²) in [6, 6.07) is 0. The maximum absolute atomic E-state index is 2.28. The Balaban J connectivity index is 0.000000720. The number of hydrogen-bond donors (Lipinski definition) is 0. The second-order valence-corrected chi connectivity index (χ2v) is 2.89. The Morgan fingerprint density at radius 3 is 1.75 bits per heavy atom. The summed E-state index contributed by atoms with van der Waals surface area (Å²) in [5.74, 6) is 0. The van der Waals surface area contributed by atoms with E-state index in [-0.39, 0.29) is 21.7 Å². The van der Waals surface area contributed by atoms with Crippen LogP contribution in [0.2, 0.25) is 0 Å². The minimum Gasteiger partial charge on any atom is -0.163 e. The maximum Gasteiger partial charge on any atom is 0 e. The van der Waals surface area contributed by atoms with Gasteiger partial charge in [-0.05, 0) is 12.8 Å². The van der Waals surface area contributed by atoms with E-state index in [4.69, 9.17) is 0 Å². The first-order chi connectivity index (χ1) is 5.45. The molecule has 0 aliphatic heterocycles. The van der Waals surface area contributed by atoms with Gasteiger partial charge in [0.2, 0.25) is 0 Å². The molecule has 0 unspecified atom stereocenters. The Morgan fingerprint density at radius 2 is 1.42 bits per heavy atom. The summed E-state index contributed by atoms with van der Waals surface area (Å²) < 4.78 is 0. The van der Waals surface area contributed by atoms with Gasteiger partial charge >= 0.3 is 0 Å². The third kappa shape index (κ3) is 2.26. The van der Waals surface area contributed by atoms with Crippen LogP contribution in [0.3, 0.4) is 0 Å². The zero-order chi connectivity index (χ0) is 7.52. The predicted molar refractivity (Wildman–Crippen MR) is 48.0 cm³/mol. The van der Waals surface area contributed by atoms with Crippen molar-refractivity contribution < 1.29 is 21.7 Å². The average Bonchev–Trinajstić information content (AvgIpc) is 2.60. The molecule has 0 aromatic carbocycles. The quantitative estimate of drug-likeness (QED) is 0.465. The molecule has 0 saturated carbocycles. The average molecular weight is 191 g/mol. The van der Waals surface area contributed by atoms with Crippen LogP contribution in [-0.4, -0.2) is 0 Å². The summed E-state index contributed by atoms with van der Waals surface area (Å²) in [4.78, 5) is 0. The smallest absolute Gasteiger partial charge is 0 e. The zero-order valence-corrected chi connectivity index (χ0v) is 8.52. The van der Waals surface area contributed by atoms with Crippen LogP contribution in [0.4, 0.5) is 0 Å². The molecular formula is C11H11Ti-. The molecule has 1 heteroatoms. The molecule has 60 valence electrons. The van der Waals surface area contributed by atoms with Crippen LogP contribution in [-0.2, 0) is 21.7 Å². The molecule has 12 heavy (non-hydrogen) atoms. The van der Waals surface area contributed by atoms with Gasteiger partial charge in [-0.15, -0.1) is 12.2 Å². The van der Waals surface area contributed by atoms with Crippen LogP contribution in [0.1, 0.15) is 12.8 Å². The molecule has 2 aliphatic rings. The van der Waals surface area contributed by atoms with Gasteiger partial charge in [0.25, 0.3) is 0 Å². The van der Waals surface area contributed by atoms with Crippen molar-refractivity contribution >= 4 is 0 Å². The third-order valence-corrected chi connectivity index (χ3v) is 1.97. The van der Waals surface area contributed by atoms with Gasteiger partial charge in [-0.25, -0.2) is 0 Å². The van der Waals surface area contributed by atoms with Gasteiger partial charge < -0.3 is 0 Å². The van der Waals surface area contributed by atoms with E-state index in [0.29, 0.717) is 0 Å². The monoisotopic (exact) mass is 191 g/mol. The van der Waals surface area contributed by atoms with E-state index in [1.807, 2.05) is 0 Å². The zero-order valence-electron chi connectivity index (χ0n) is 6.96. The second kappa shape index (κ2) is 4.54. The van der Waals surface area contributed by atoms with Gasteiger partial charge in [0.1, 0.15) is 0 Å². The van der Waals surface area contributed by atoms with Crippen molar-refractivity contribution in [3.05, 3.63) is 54.0 Å². The summed E-state index contributed by atoms with van der Waals surface area (Å²) in [5, 5.41) is 0. The van der Waals surface area contributed by atoms with Gasteiger partial charge in [-0.1, -0.05) is 12.2 Å². The first-order valence-electron chi connectivity index (χ1n) is 4.01. The van der Waals surface area contributed by atoms with Gasteiger partial charge in [0, 0.05) is 21.7 Å². The molecule has 0 saturated heterocycles. The minimum atomic E-state index is 0. The van der Waals surface area contributed by atoms with Crippen molar-refractivity contribution in [2.75, 3.05) is 0 Å². The fourth-order valence-corrected chi connectivity index (χ4v) is 1.38. The fraction of sp³-hybridized carbons (Fsp3) is 0.182. The molecule has 0 spiro atoms. The van der Waals surface area contributed by atoms with E-state index in [9.17, 15) is 0 Å². The summed E-state index contributed by atoms with van der Waals surface area (Å²) >= 11 is 0. The van der Waals surface area contributed by atoms with E-state index >= 15 is 0 Å². The molecule has 0 nitrogen and oxygen atoms in total. The van der Waals surface area contributed by atoms with Crippen LogP contribution >= 0.6 is 0 Å². The molecular weight excluding hydrogens is 180 g/mol. The van der Waals surface area contributed by atoms with Gasteiger partial charge in [0.05, 0.1) is 0 Å². The maximum atomic E-state index is 2.28. The normalized spacial score (nSPS) is 18.7. The Bertz CT molecular complexity index is 239. The SMILES string of the molecule is C1=CCC([CH-]C2=CC=CC2)=C1.[Ti]. The van der Waals surface area contributed by atoms with Crippen molar-refractivity contribution in [2.24, 2.45) is 0 Å². The summed E-state index contributed by atoms with van der Waals surface area (Å²) in [7, 11) is 0. The number of rotatable bonds is 2. The Kier molecular flexibility index (Phi) is 3.64. The molecule has 0 amide bonds. The second-order valence-electron chi connectivity index (χ2n) is 2.89. The van der Waals surface area contributed by atoms with Crippen molar-refractivity contribution in [1.29, 1.82) is 0 Å². The first kappa shape index (κ1) is 9.63. The van der Waals surface area contributed by atoms with Crippen molar-refractivity contribution in [2.45, 2.75) is 12.8 Å². The molecule has 0 atom stereocenters. The molecule has 0 heterocycles. The van der Waals surface area contributed by atoms with Crippen molar-refractivity contribution in [3.8, 4) is 0 Å². The van der Waals surface area contributed by atoms with Gasteiger partial charge in [0.15, 0.2) is 0 Å². The first-order valence-corrected chi connectivity index (χ1v) is 4.01. The molecule has 0 bridgehead atoms. The van der Waals surface area contributed by atoms with Crippen LogP contribution in [0.15, 0.2) is 47.6 Å². The van der Waals surface area contributed by atoms with Gasteiger partial charge in [-0.3, -0.25) is 0 Å². The fourth-order valence-electron chi connectivity index (χ4n) is 1.38. The van der Waals surface area contributed by atoms with Crippen LogP contribution in [0.5, 0.6) is 0 Å². The van der Waals surface area contributed by atoms with Crippen molar-refractivity contribution in [3.63, 3.8) is 0 Å². The predicted octanol–water partition coefficient (Wildman–Crippen LogP) is 2.96. The molecule has 0 radical (unpaired) electrons. The van der Waals surface area contributed by atoms with E-state index in [2.05, 4.69) is 42.9 Å². The molecule has 0 aromatic heterocycles. The number of allylic oxidation sites excluding steroid dienone is 8. The van der Waals surface area contributed by atoms with E-state index in [1.54, 1.807) is 0 Å². The largest absolute Gasteiger partial charge is 0.163 e. The Morgan fingerprint density at radius 1 is 0.917 bits per heavy atom. The van der Waals surface area contributed by atoms with E-state index < -0.39 is 0 Å². The topological polar surface area (TPSA) is 0 Å². The molecule has 2 rings (SSSR count). The van der Waals surface area contributed by atoms with Crippen LogP contribution in [0, 0.1) is 6.42 Å². The summed E-state index contributed by atoms with van der Waals surface area (Å²) in [6.07, 6.45) is 17.5. The van der Waals surface area contributed by atoms with E-state index in [0.717, 1.165) is 12.8 Å². The number of hydrogen-bond acceptors (Lipinski definition) is 0. The molecule has 2 aliphatic carbocycles.